The molecule has 1 aliphatic rings. The van der Waals surface area contributed by atoms with Crippen LogP contribution in [-0.4, -0.2) is 14.3 Å². The number of amides is 1. The first-order valence-corrected chi connectivity index (χ1v) is 10.2. The highest BCUT2D eigenvalue weighted by molar-refractivity contribution is 7.93. The lowest BCUT2D eigenvalue weighted by Crippen LogP contribution is -2.19. The molecule has 0 saturated heterocycles. The summed E-state index contributed by atoms with van der Waals surface area (Å²) in [6.07, 6.45) is 2.52. The van der Waals surface area contributed by atoms with Crippen LogP contribution in [-0.2, 0) is 22.9 Å². The highest BCUT2D eigenvalue weighted by atomic mass is 35.5. The topological polar surface area (TPSA) is 89.3 Å². The third-order valence-corrected chi connectivity index (χ3v) is 7.26. The van der Waals surface area contributed by atoms with Crippen molar-refractivity contribution in [3.63, 3.8) is 0 Å². The summed E-state index contributed by atoms with van der Waals surface area (Å²) in [6.45, 7) is 2.14. The summed E-state index contributed by atoms with van der Waals surface area (Å²) < 4.78 is 27.8. The van der Waals surface area contributed by atoms with E-state index in [-0.39, 0.29) is 20.5 Å². The molecule has 0 spiro atoms. The first-order valence-electron chi connectivity index (χ1n) is 7.51. The largest absolute Gasteiger partial charge is 0.365 e. The zero-order chi connectivity index (χ0) is 17.5. The Balaban J connectivity index is 2.04. The van der Waals surface area contributed by atoms with Crippen LogP contribution in [0.2, 0.25) is 5.02 Å². The number of anilines is 1. The molecule has 24 heavy (non-hydrogen) atoms. The van der Waals surface area contributed by atoms with Crippen molar-refractivity contribution >= 4 is 43.9 Å². The van der Waals surface area contributed by atoms with E-state index in [9.17, 15) is 13.2 Å². The second-order valence-electron chi connectivity index (χ2n) is 5.96. The van der Waals surface area contributed by atoms with Crippen molar-refractivity contribution in [1.82, 2.24) is 0 Å². The van der Waals surface area contributed by atoms with E-state index in [4.69, 9.17) is 17.3 Å². The lowest BCUT2D eigenvalue weighted by atomic mass is 9.88. The predicted octanol–water partition coefficient (Wildman–Crippen LogP) is 3.43. The number of fused-ring (bicyclic) bond motifs is 1. The Bertz CT molecular complexity index is 906. The van der Waals surface area contributed by atoms with E-state index in [0.717, 1.165) is 29.7 Å². The van der Waals surface area contributed by atoms with Crippen molar-refractivity contribution < 1.29 is 13.2 Å². The van der Waals surface area contributed by atoms with Gasteiger partial charge in [-0.15, -0.1) is 11.3 Å². The number of benzene rings is 1. The maximum absolute atomic E-state index is 12.6. The van der Waals surface area contributed by atoms with Gasteiger partial charge in [-0.1, -0.05) is 30.7 Å². The standard InChI is InChI=1S/C16H17ClN2O3S2/c1-9-6-7-10-12(8-9)23-16(14(10)15(18)20)19-24(21,22)13-5-3-2-4-11(13)17/h2-5,9,19H,6-8H2,1H3,(H2,18,20)/t9-/m0/s1. The number of nitrogens with two attached hydrogens (primary N) is 1. The fourth-order valence-electron chi connectivity index (χ4n) is 2.92. The van der Waals surface area contributed by atoms with Crippen LogP contribution >= 0.6 is 22.9 Å². The van der Waals surface area contributed by atoms with Crippen LogP contribution in [0.1, 0.15) is 34.1 Å². The Labute approximate surface area is 149 Å². The minimum Gasteiger partial charge on any atom is -0.365 e. The molecule has 8 heteroatoms. The third kappa shape index (κ3) is 3.16. The fraction of sp³-hybridized carbons (Fsp3) is 0.312. The summed E-state index contributed by atoms with van der Waals surface area (Å²) in [6, 6.07) is 6.18. The lowest BCUT2D eigenvalue weighted by molar-refractivity contribution is 0.100. The summed E-state index contributed by atoms with van der Waals surface area (Å²) in [5.74, 6) is -0.108. The molecule has 1 aromatic heterocycles. The van der Waals surface area contributed by atoms with Crippen LogP contribution in [0.5, 0.6) is 0 Å². The molecule has 1 amide bonds. The van der Waals surface area contributed by atoms with Crippen molar-refractivity contribution in [1.29, 1.82) is 0 Å². The zero-order valence-electron chi connectivity index (χ0n) is 13.0. The van der Waals surface area contributed by atoms with E-state index in [0.29, 0.717) is 5.92 Å². The quantitative estimate of drug-likeness (QED) is 0.846. The van der Waals surface area contributed by atoms with Gasteiger partial charge in [-0.2, -0.15) is 0 Å². The molecule has 5 nitrogen and oxygen atoms in total. The number of nitrogens with one attached hydrogen (secondary N) is 1. The van der Waals surface area contributed by atoms with Crippen LogP contribution in [0.25, 0.3) is 0 Å². The average Bonchev–Trinajstić information content (AvgIpc) is 2.83. The van der Waals surface area contributed by atoms with Gasteiger partial charge in [-0.3, -0.25) is 9.52 Å². The van der Waals surface area contributed by atoms with E-state index in [1.54, 1.807) is 12.1 Å². The van der Waals surface area contributed by atoms with E-state index in [1.807, 2.05) is 0 Å². The Morgan fingerprint density at radius 1 is 1.38 bits per heavy atom. The summed E-state index contributed by atoms with van der Waals surface area (Å²) in [5.41, 5.74) is 6.68. The number of hydrogen-bond donors (Lipinski definition) is 2. The smallest absolute Gasteiger partial charge is 0.264 e. The van der Waals surface area contributed by atoms with Crippen LogP contribution in [0, 0.1) is 5.92 Å². The van der Waals surface area contributed by atoms with Crippen LogP contribution in [0.15, 0.2) is 29.2 Å². The summed E-state index contributed by atoms with van der Waals surface area (Å²) in [4.78, 5) is 12.9. The van der Waals surface area contributed by atoms with Gasteiger partial charge >= 0.3 is 0 Å². The molecule has 0 saturated carbocycles. The van der Waals surface area contributed by atoms with E-state index >= 15 is 0 Å². The van der Waals surface area contributed by atoms with Crippen molar-refractivity contribution in [2.75, 3.05) is 4.72 Å². The van der Waals surface area contributed by atoms with Crippen molar-refractivity contribution in [2.24, 2.45) is 11.7 Å². The summed E-state index contributed by atoms with van der Waals surface area (Å²) in [7, 11) is -3.89. The number of sulfonamides is 1. The third-order valence-electron chi connectivity index (χ3n) is 4.11. The lowest BCUT2D eigenvalue weighted by Gasteiger charge is -2.18. The number of thiophene rings is 1. The second kappa shape index (κ2) is 6.38. The fourth-order valence-corrected chi connectivity index (χ4v) is 6.17. The van der Waals surface area contributed by atoms with Gasteiger partial charge in [-0.25, -0.2) is 8.42 Å². The van der Waals surface area contributed by atoms with Gasteiger partial charge in [-0.05, 0) is 42.9 Å². The maximum atomic E-state index is 12.6. The number of carbonyl (C=O) groups excluding carboxylic acids is 1. The molecule has 0 bridgehead atoms. The molecular formula is C16H17ClN2O3S2. The zero-order valence-corrected chi connectivity index (χ0v) is 15.4. The monoisotopic (exact) mass is 384 g/mol. The number of rotatable bonds is 4. The maximum Gasteiger partial charge on any atom is 0.264 e. The van der Waals surface area contributed by atoms with Crippen molar-refractivity contribution in [2.45, 2.75) is 31.1 Å². The van der Waals surface area contributed by atoms with Gasteiger partial charge < -0.3 is 5.73 Å². The van der Waals surface area contributed by atoms with Gasteiger partial charge in [0.1, 0.15) is 9.90 Å². The molecule has 3 N–H and O–H groups in total. The van der Waals surface area contributed by atoms with Gasteiger partial charge in [0.15, 0.2) is 0 Å². The molecule has 1 aliphatic carbocycles. The number of primary amides is 1. The number of hydrogen-bond acceptors (Lipinski definition) is 4. The number of carbonyl (C=O) groups is 1. The Hall–Kier alpha value is -1.57. The highest BCUT2D eigenvalue weighted by Crippen LogP contribution is 2.40. The van der Waals surface area contributed by atoms with Crippen LogP contribution in [0.3, 0.4) is 0 Å². The average molecular weight is 385 g/mol. The SMILES string of the molecule is C[C@H]1CCc2c(sc(NS(=O)(=O)c3ccccc3Cl)c2C(N)=O)C1. The van der Waals surface area contributed by atoms with E-state index < -0.39 is 15.9 Å². The number of halogens is 1. The minimum atomic E-state index is -3.89. The van der Waals surface area contributed by atoms with Gasteiger partial charge in [0.2, 0.25) is 0 Å². The molecule has 1 aromatic carbocycles. The predicted molar refractivity (Wildman–Crippen MR) is 96.3 cm³/mol. The highest BCUT2D eigenvalue weighted by Gasteiger charge is 2.29. The molecule has 2 aromatic rings. The van der Waals surface area contributed by atoms with Gasteiger partial charge in [0.25, 0.3) is 15.9 Å². The molecule has 3 rings (SSSR count). The summed E-state index contributed by atoms with van der Waals surface area (Å²) in [5, 5.41) is 0.405. The molecule has 128 valence electrons. The van der Waals surface area contributed by atoms with E-state index in [1.165, 1.54) is 23.5 Å². The molecular weight excluding hydrogens is 368 g/mol. The molecule has 1 heterocycles. The van der Waals surface area contributed by atoms with E-state index in [2.05, 4.69) is 11.6 Å². The minimum absolute atomic E-state index is 0.0261. The first-order chi connectivity index (χ1) is 11.3. The Morgan fingerprint density at radius 3 is 2.75 bits per heavy atom. The second-order valence-corrected chi connectivity index (χ2v) is 9.12. The Morgan fingerprint density at radius 2 is 2.08 bits per heavy atom. The molecule has 0 unspecified atom stereocenters. The van der Waals surface area contributed by atoms with Crippen LogP contribution < -0.4 is 10.5 Å². The van der Waals surface area contributed by atoms with Crippen LogP contribution in [0.4, 0.5) is 5.00 Å². The van der Waals surface area contributed by atoms with Gasteiger partial charge in [0.05, 0.1) is 10.6 Å². The van der Waals surface area contributed by atoms with Crippen molar-refractivity contribution in [3.05, 3.63) is 45.3 Å². The molecule has 0 aliphatic heterocycles. The first kappa shape index (κ1) is 17.3. The molecule has 0 fully saturated rings. The molecule has 1 atom stereocenters. The summed E-state index contributed by atoms with van der Waals surface area (Å²) >= 11 is 7.28. The Kier molecular flexibility index (Phi) is 4.59. The normalized spacial score (nSPS) is 17.3. The molecule has 0 radical (unpaired) electrons. The van der Waals surface area contributed by atoms with Gasteiger partial charge in [0, 0.05) is 4.88 Å². The van der Waals surface area contributed by atoms with Crippen molar-refractivity contribution in [3.8, 4) is 0 Å².